The highest BCUT2D eigenvalue weighted by atomic mass is 16.4. The molecule has 3 aromatic rings. The van der Waals surface area contributed by atoms with Crippen LogP contribution in [-0.2, 0) is 65.6 Å². The Morgan fingerprint density at radius 2 is 1.16 bits per heavy atom. The summed E-state index contributed by atoms with van der Waals surface area (Å²) in [4.78, 5) is 147. The van der Waals surface area contributed by atoms with Crippen molar-refractivity contribution in [1.82, 2.24) is 47.5 Å². The molecule has 1 aromatic heterocycles. The number of carboxylic acids is 2. The molecule has 0 aliphatic heterocycles. The summed E-state index contributed by atoms with van der Waals surface area (Å²) in [7, 11) is 0. The minimum absolute atomic E-state index is 0.0514. The zero-order chi connectivity index (χ0) is 54.9. The van der Waals surface area contributed by atoms with E-state index >= 15 is 0 Å². The number of H-pyrrole nitrogens is 1. The standard InChI is InChI=1S/C46H64N14O14/c1-24(39(67)57-30(14-16-38(65)66)41(69)53-22-37(64)56-31(13-15-35(48)62)43(71)58-32(45(73)74)12-7-17-51-46(49)50)55-36(63)21-54-42(70)33(19-26-20-52-29-11-6-5-10-27(26)29)59-44(72)34(23-61)60-40(68)28(47)18-25-8-3-2-4-9-25/h2-6,8-11,20,24,28,30-34,52,61H,7,12-19,21-23,47H2,1H3,(H2,48,62)(H,53,69)(H,54,70)(H,55,63)(H,56,64)(H,57,67)(H,58,71)(H,59,72)(H,60,68)(H,65,66)(H,73,74)(H4,49,50,51)/t24-,28-,30-,31-,32-,33-,34-/m1/s1. The number of aliphatic hydroxyl groups excluding tert-OH is 1. The summed E-state index contributed by atoms with van der Waals surface area (Å²) in [6.07, 6.45) is -0.296. The highest BCUT2D eigenvalue weighted by Gasteiger charge is 2.31. The summed E-state index contributed by atoms with van der Waals surface area (Å²) in [6.45, 7) is -1.21. The molecule has 0 fully saturated rings. The van der Waals surface area contributed by atoms with Crippen molar-refractivity contribution in [1.29, 1.82) is 0 Å². The maximum Gasteiger partial charge on any atom is 0.326 e. The summed E-state index contributed by atoms with van der Waals surface area (Å²) in [6, 6.07) is 5.93. The number of aromatic nitrogens is 1. The van der Waals surface area contributed by atoms with E-state index in [-0.39, 0.29) is 44.6 Å². The highest BCUT2D eigenvalue weighted by molar-refractivity contribution is 5.97. The van der Waals surface area contributed by atoms with E-state index in [1.54, 1.807) is 60.8 Å². The summed E-state index contributed by atoms with van der Waals surface area (Å²) < 4.78 is 0. The molecule has 7 atom stereocenters. The quantitative estimate of drug-likeness (QED) is 0.0158. The van der Waals surface area contributed by atoms with E-state index in [0.29, 0.717) is 16.5 Å². The van der Waals surface area contributed by atoms with Crippen LogP contribution in [0.2, 0.25) is 0 Å². The number of nitrogens with zero attached hydrogens (tertiary/aromatic N) is 1. The molecule has 9 amide bonds. The van der Waals surface area contributed by atoms with Crippen LogP contribution >= 0.6 is 0 Å². The molecule has 0 radical (unpaired) electrons. The summed E-state index contributed by atoms with van der Waals surface area (Å²) in [5.74, 6) is -11.4. The number of aliphatic hydroxyl groups is 1. The number of hydrogen-bond donors (Lipinski definition) is 16. The first kappa shape index (κ1) is 59.6. The molecule has 3 rings (SSSR count). The Bertz CT molecular complexity index is 2500. The van der Waals surface area contributed by atoms with Gasteiger partial charge >= 0.3 is 11.9 Å². The number of benzene rings is 2. The van der Waals surface area contributed by atoms with E-state index in [4.69, 9.17) is 22.9 Å². The fraction of sp³-hybridized carbons (Fsp3) is 0.435. The molecule has 0 unspecified atom stereocenters. The first-order valence-corrected chi connectivity index (χ1v) is 23.2. The number of carbonyl (C=O) groups is 11. The number of nitrogens with two attached hydrogens (primary N) is 4. The van der Waals surface area contributed by atoms with Gasteiger partial charge in [-0.1, -0.05) is 48.5 Å². The maximum absolute atomic E-state index is 13.7. The van der Waals surface area contributed by atoms with Crippen LogP contribution in [-0.4, -0.2) is 160 Å². The van der Waals surface area contributed by atoms with Crippen LogP contribution in [0.5, 0.6) is 0 Å². The number of carboxylic acid groups (broad SMARTS) is 2. The van der Waals surface area contributed by atoms with Gasteiger partial charge in [-0.05, 0) is 56.2 Å². The number of para-hydroxylation sites is 1. The number of aliphatic imine (C=N–C) groups is 1. The number of guanidine groups is 1. The van der Waals surface area contributed by atoms with Crippen LogP contribution < -0.4 is 65.5 Å². The lowest BCUT2D eigenvalue weighted by molar-refractivity contribution is -0.142. The number of amides is 9. The number of primary amides is 1. The lowest BCUT2D eigenvalue weighted by Gasteiger charge is -2.23. The number of carbonyl (C=O) groups excluding carboxylic acids is 9. The molecular formula is C46H64N14O14. The molecule has 28 nitrogen and oxygen atoms in total. The van der Waals surface area contributed by atoms with Crippen molar-refractivity contribution >= 4 is 82.0 Å². The van der Waals surface area contributed by atoms with E-state index in [2.05, 4.69) is 52.5 Å². The zero-order valence-corrected chi connectivity index (χ0v) is 40.4. The molecule has 0 aliphatic rings. The van der Waals surface area contributed by atoms with Gasteiger partial charge in [-0.3, -0.25) is 52.9 Å². The lowest BCUT2D eigenvalue weighted by atomic mass is 10.0. The van der Waals surface area contributed by atoms with E-state index < -0.39 is 146 Å². The minimum atomic E-state index is -1.60. The van der Waals surface area contributed by atoms with Crippen molar-refractivity contribution in [3.8, 4) is 0 Å². The van der Waals surface area contributed by atoms with Crippen LogP contribution in [0.3, 0.4) is 0 Å². The third-order valence-corrected chi connectivity index (χ3v) is 11.0. The van der Waals surface area contributed by atoms with E-state index in [9.17, 15) is 68.1 Å². The minimum Gasteiger partial charge on any atom is -0.481 e. The Morgan fingerprint density at radius 3 is 1.78 bits per heavy atom. The highest BCUT2D eigenvalue weighted by Crippen LogP contribution is 2.19. The Hall–Kier alpha value is -8.66. The number of aromatic amines is 1. The van der Waals surface area contributed by atoms with Crippen molar-refractivity contribution in [2.45, 2.75) is 101 Å². The summed E-state index contributed by atoms with van der Waals surface area (Å²) in [5.41, 5.74) is 23.9. The van der Waals surface area contributed by atoms with Crippen LogP contribution in [0.4, 0.5) is 0 Å². The van der Waals surface area contributed by atoms with Crippen LogP contribution in [0, 0.1) is 0 Å². The Morgan fingerprint density at radius 1 is 0.608 bits per heavy atom. The SMILES string of the molecule is C[C@@H](NC(=O)CNC(=O)[C@@H](Cc1c[nH]c2ccccc12)NC(=O)[C@@H](CO)NC(=O)[C@H](N)Cc1ccccc1)C(=O)N[C@H](CCC(=O)O)C(=O)NCC(=O)N[C@H](CCC(N)=O)C(=O)N[C@H](CCCN=C(N)N)C(=O)O. The van der Waals surface area contributed by atoms with E-state index in [1.165, 1.54) is 6.92 Å². The third-order valence-electron chi connectivity index (χ3n) is 11.0. The second-order valence-corrected chi connectivity index (χ2v) is 16.9. The van der Waals surface area contributed by atoms with Gasteiger partial charge in [0, 0.05) is 42.9 Å². The first-order chi connectivity index (χ1) is 35.1. The lowest BCUT2D eigenvalue weighted by Crippen LogP contribution is -2.58. The Kier molecular flexibility index (Phi) is 24.4. The largest absolute Gasteiger partial charge is 0.481 e. The van der Waals surface area contributed by atoms with Gasteiger partial charge in [-0.15, -0.1) is 0 Å². The molecule has 402 valence electrons. The second kappa shape index (κ2) is 30.3. The van der Waals surface area contributed by atoms with Gasteiger partial charge in [0.05, 0.1) is 25.7 Å². The summed E-state index contributed by atoms with van der Waals surface area (Å²) >= 11 is 0. The maximum atomic E-state index is 13.7. The van der Waals surface area contributed by atoms with Gasteiger partial charge in [-0.2, -0.15) is 0 Å². The first-order valence-electron chi connectivity index (χ1n) is 23.2. The number of aliphatic carboxylic acids is 2. The number of fused-ring (bicyclic) bond motifs is 1. The average molecular weight is 1040 g/mol. The van der Waals surface area contributed by atoms with Gasteiger partial charge in [0.25, 0.3) is 0 Å². The zero-order valence-electron chi connectivity index (χ0n) is 40.4. The average Bonchev–Trinajstić information content (AvgIpc) is 3.76. The van der Waals surface area contributed by atoms with Gasteiger partial charge < -0.3 is 85.8 Å². The Balaban J connectivity index is 1.64. The molecule has 74 heavy (non-hydrogen) atoms. The number of hydrogen-bond acceptors (Lipinski definition) is 14. The molecule has 1 heterocycles. The van der Waals surface area contributed by atoms with Gasteiger partial charge in [0.1, 0.15) is 36.3 Å². The van der Waals surface area contributed by atoms with Crippen LogP contribution in [0.1, 0.15) is 56.6 Å². The van der Waals surface area contributed by atoms with Gasteiger partial charge in [0.15, 0.2) is 5.96 Å². The topological polar surface area (TPSA) is 477 Å². The van der Waals surface area contributed by atoms with E-state index in [1.807, 2.05) is 0 Å². The predicted octanol–water partition coefficient (Wildman–Crippen LogP) is -5.30. The van der Waals surface area contributed by atoms with Crippen molar-refractivity contribution < 1.29 is 68.1 Å². The predicted molar refractivity (Wildman–Crippen MR) is 263 cm³/mol. The van der Waals surface area contributed by atoms with Crippen LogP contribution in [0.15, 0.2) is 65.8 Å². The van der Waals surface area contributed by atoms with E-state index in [0.717, 1.165) is 5.56 Å². The van der Waals surface area contributed by atoms with Crippen molar-refractivity contribution in [3.63, 3.8) is 0 Å². The summed E-state index contributed by atoms with van der Waals surface area (Å²) in [5, 5.41) is 48.4. The molecule has 20 N–H and O–H groups in total. The van der Waals surface area contributed by atoms with Crippen molar-refractivity contribution in [3.05, 3.63) is 71.9 Å². The number of nitrogens with one attached hydrogen (secondary N) is 9. The third kappa shape index (κ3) is 21.0. The molecule has 0 saturated heterocycles. The van der Waals surface area contributed by atoms with Crippen LogP contribution in [0.25, 0.3) is 10.9 Å². The Labute approximate surface area is 423 Å². The molecule has 0 aliphatic carbocycles. The van der Waals surface area contributed by atoms with Crippen molar-refractivity contribution in [2.24, 2.45) is 27.9 Å². The molecule has 0 bridgehead atoms. The molecular weight excluding hydrogens is 973 g/mol. The molecule has 0 saturated carbocycles. The monoisotopic (exact) mass is 1040 g/mol. The second-order valence-electron chi connectivity index (χ2n) is 16.9. The van der Waals surface area contributed by atoms with Gasteiger partial charge in [0.2, 0.25) is 53.2 Å². The normalized spacial score (nSPS) is 13.7. The molecule has 0 spiro atoms. The smallest absolute Gasteiger partial charge is 0.326 e. The fourth-order valence-electron chi connectivity index (χ4n) is 7.04. The number of rotatable bonds is 32. The van der Waals surface area contributed by atoms with Gasteiger partial charge in [-0.25, -0.2) is 4.79 Å². The fourth-order valence-corrected chi connectivity index (χ4v) is 7.04. The molecule has 2 aromatic carbocycles. The van der Waals surface area contributed by atoms with Crippen molar-refractivity contribution in [2.75, 3.05) is 26.2 Å². The molecule has 28 heteroatoms.